The van der Waals surface area contributed by atoms with Crippen LogP contribution in [0.4, 0.5) is 17.1 Å². The van der Waals surface area contributed by atoms with Gasteiger partial charge in [-0.3, -0.25) is 0 Å². The Morgan fingerprint density at radius 2 is 1.08 bits per heavy atom. The molecule has 290 valence electrons. The molecule has 0 saturated heterocycles. The maximum atomic E-state index is 6.81. The van der Waals surface area contributed by atoms with Crippen LogP contribution in [0.25, 0.3) is 103 Å². The van der Waals surface area contributed by atoms with Crippen molar-refractivity contribution in [2.24, 2.45) is 0 Å². The van der Waals surface area contributed by atoms with Crippen LogP contribution in [0, 0.1) is 0 Å². The molecule has 0 radical (unpaired) electrons. The maximum Gasteiger partial charge on any atom is 0.143 e. The summed E-state index contributed by atoms with van der Waals surface area (Å²) in [7, 11) is 0. The van der Waals surface area contributed by atoms with Crippen molar-refractivity contribution in [2.75, 3.05) is 4.90 Å². The van der Waals surface area contributed by atoms with Gasteiger partial charge in [-0.2, -0.15) is 0 Å². The monoisotopic (exact) mass is 808 g/mol. The van der Waals surface area contributed by atoms with Gasteiger partial charge >= 0.3 is 0 Å². The van der Waals surface area contributed by atoms with Gasteiger partial charge in [0, 0.05) is 58.7 Å². The van der Waals surface area contributed by atoms with Gasteiger partial charge in [0.1, 0.15) is 11.2 Å². The molecule has 0 spiro atoms. The molecule has 0 aliphatic heterocycles. The minimum atomic E-state index is 0.859. The quantitative estimate of drug-likeness (QED) is 0.167. The van der Waals surface area contributed by atoms with Gasteiger partial charge in [0.25, 0.3) is 0 Å². The van der Waals surface area contributed by atoms with Crippen molar-refractivity contribution >= 4 is 103 Å². The number of nitrogens with zero attached hydrogens (tertiary/aromatic N) is 2. The number of aromatic nitrogens is 1. The van der Waals surface area contributed by atoms with E-state index in [0.29, 0.717) is 0 Å². The molecule has 0 bridgehead atoms. The molecule has 0 atom stereocenters. The first-order chi connectivity index (χ1) is 30.8. The van der Waals surface area contributed by atoms with E-state index in [1.165, 1.54) is 53.1 Å². The lowest BCUT2D eigenvalue weighted by atomic mass is 9.97. The third-order valence-corrected chi connectivity index (χ3v) is 13.7. The molecule has 13 rings (SSSR count). The molecule has 0 saturated carbocycles. The molecule has 3 heterocycles. The topological polar surface area (TPSA) is 21.3 Å². The Morgan fingerprint density at radius 3 is 2.02 bits per heavy atom. The molecule has 4 heteroatoms. The van der Waals surface area contributed by atoms with E-state index in [1.807, 2.05) is 11.3 Å². The number of hydrogen-bond donors (Lipinski definition) is 0. The molecule has 62 heavy (non-hydrogen) atoms. The van der Waals surface area contributed by atoms with Crippen molar-refractivity contribution in [3.05, 3.63) is 218 Å². The van der Waals surface area contributed by atoms with E-state index in [1.54, 1.807) is 0 Å². The fourth-order valence-electron chi connectivity index (χ4n) is 9.86. The molecular weight excluding hydrogens is 773 g/mol. The van der Waals surface area contributed by atoms with Crippen LogP contribution in [-0.4, -0.2) is 4.57 Å². The van der Waals surface area contributed by atoms with E-state index in [4.69, 9.17) is 4.42 Å². The van der Waals surface area contributed by atoms with E-state index >= 15 is 0 Å². The van der Waals surface area contributed by atoms with Crippen LogP contribution in [-0.2, 0) is 0 Å². The van der Waals surface area contributed by atoms with Crippen LogP contribution in [0.2, 0.25) is 0 Å². The zero-order chi connectivity index (χ0) is 40.7. The highest BCUT2D eigenvalue weighted by Crippen LogP contribution is 2.49. The van der Waals surface area contributed by atoms with Crippen molar-refractivity contribution < 1.29 is 4.42 Å². The minimum absolute atomic E-state index is 0.859. The zero-order valence-corrected chi connectivity index (χ0v) is 34.3. The summed E-state index contributed by atoms with van der Waals surface area (Å²) in [6, 6.07) is 79.2. The highest BCUT2D eigenvalue weighted by molar-refractivity contribution is 7.25. The number of anilines is 3. The Bertz CT molecular complexity index is 3890. The molecule has 10 aromatic carbocycles. The second kappa shape index (κ2) is 13.8. The average Bonchev–Trinajstić information content (AvgIpc) is 4.02. The van der Waals surface area contributed by atoms with E-state index in [0.717, 1.165) is 66.6 Å². The van der Waals surface area contributed by atoms with Gasteiger partial charge in [-0.15, -0.1) is 11.3 Å². The number of para-hydroxylation sites is 3. The molecule has 13 aromatic rings. The summed E-state index contributed by atoms with van der Waals surface area (Å²) in [5.41, 5.74) is 13.2. The van der Waals surface area contributed by atoms with Gasteiger partial charge in [0.2, 0.25) is 0 Å². The Labute approximate surface area is 361 Å². The Hall–Kier alpha value is -7.92. The zero-order valence-electron chi connectivity index (χ0n) is 33.5. The van der Waals surface area contributed by atoms with Crippen molar-refractivity contribution in [1.82, 2.24) is 4.57 Å². The van der Waals surface area contributed by atoms with Crippen LogP contribution in [0.3, 0.4) is 0 Å². The summed E-state index contributed by atoms with van der Waals surface area (Å²) in [6.07, 6.45) is 0. The highest BCUT2D eigenvalue weighted by atomic mass is 32.1. The van der Waals surface area contributed by atoms with Gasteiger partial charge in [-0.1, -0.05) is 146 Å². The smallest absolute Gasteiger partial charge is 0.143 e. The Kier molecular flexibility index (Phi) is 7.78. The lowest BCUT2D eigenvalue weighted by Crippen LogP contribution is -2.11. The molecule has 0 N–H and O–H groups in total. The van der Waals surface area contributed by atoms with E-state index in [-0.39, 0.29) is 0 Å². The Morgan fingerprint density at radius 1 is 0.403 bits per heavy atom. The van der Waals surface area contributed by atoms with Crippen LogP contribution in [0.5, 0.6) is 0 Å². The van der Waals surface area contributed by atoms with Gasteiger partial charge < -0.3 is 13.9 Å². The van der Waals surface area contributed by atoms with E-state index < -0.39 is 0 Å². The highest BCUT2D eigenvalue weighted by Gasteiger charge is 2.24. The molecule has 3 nitrogen and oxygen atoms in total. The van der Waals surface area contributed by atoms with Gasteiger partial charge in [0.05, 0.1) is 27.8 Å². The number of rotatable bonds is 6. The fraction of sp³-hybridized carbons (Fsp3) is 0. The van der Waals surface area contributed by atoms with Crippen molar-refractivity contribution in [2.45, 2.75) is 0 Å². The van der Waals surface area contributed by atoms with Crippen molar-refractivity contribution in [1.29, 1.82) is 0 Å². The van der Waals surface area contributed by atoms with E-state index in [9.17, 15) is 0 Å². The van der Waals surface area contributed by atoms with Crippen molar-refractivity contribution in [3.8, 4) is 27.9 Å². The minimum Gasteiger partial charge on any atom is -0.455 e. The summed E-state index contributed by atoms with van der Waals surface area (Å²) in [5, 5.41) is 9.52. The first kappa shape index (κ1) is 34.9. The second-order valence-corrected chi connectivity index (χ2v) is 17.1. The van der Waals surface area contributed by atoms with E-state index in [2.05, 4.69) is 228 Å². The predicted octanol–water partition coefficient (Wildman–Crippen LogP) is 17.0. The lowest BCUT2D eigenvalue weighted by molar-refractivity contribution is 0.672. The summed E-state index contributed by atoms with van der Waals surface area (Å²) in [6.45, 7) is 0. The predicted molar refractivity (Wildman–Crippen MR) is 264 cm³/mol. The molecule has 0 amide bonds. The maximum absolute atomic E-state index is 6.81. The van der Waals surface area contributed by atoms with Crippen LogP contribution in [0.1, 0.15) is 0 Å². The molecule has 0 fully saturated rings. The summed E-state index contributed by atoms with van der Waals surface area (Å²) in [5.74, 6) is 0. The van der Waals surface area contributed by atoms with Crippen LogP contribution < -0.4 is 4.90 Å². The molecule has 3 aromatic heterocycles. The van der Waals surface area contributed by atoms with Crippen molar-refractivity contribution in [3.63, 3.8) is 0 Å². The second-order valence-electron chi connectivity index (χ2n) is 16.0. The largest absolute Gasteiger partial charge is 0.455 e. The Balaban J connectivity index is 1.07. The third kappa shape index (κ3) is 5.30. The van der Waals surface area contributed by atoms with Crippen LogP contribution in [0.15, 0.2) is 223 Å². The SMILES string of the molecule is c1ccc(-n2c3ccccc3c3c(-c4cccc(N(c5ccccc5-c5ccc6c(c5)sc5ccccc56)c5cccc6oc7c8ccccc8ccc7c56)c4)cccc32)cc1. The number of fused-ring (bicyclic) bond motifs is 11. The van der Waals surface area contributed by atoms with Gasteiger partial charge in [-0.25, -0.2) is 0 Å². The number of hydrogen-bond acceptors (Lipinski definition) is 3. The lowest BCUT2D eigenvalue weighted by Gasteiger charge is -2.29. The first-order valence-corrected chi connectivity index (χ1v) is 21.9. The van der Waals surface area contributed by atoms with Gasteiger partial charge in [0.15, 0.2) is 0 Å². The average molecular weight is 809 g/mol. The normalized spacial score (nSPS) is 11.9. The summed E-state index contributed by atoms with van der Waals surface area (Å²) in [4.78, 5) is 2.45. The molecule has 0 aliphatic rings. The standard InChI is InChI=1S/C58H36N2OS/c1-2-17-40(18-3-1)59-50-26-10-7-23-47(50)56-43(24-13-27-51(56)59)38-16-12-19-41(35-38)60(52-28-14-29-53-57(52)48-34-31-37-15-4-5-21-44(37)58(48)61-53)49-25-9-6-20-42(49)39-32-33-46-45-22-8-11-30-54(45)62-55(46)36-39/h1-36H. The molecular formula is C58H36N2OS. The van der Waals surface area contributed by atoms with Gasteiger partial charge in [-0.05, 0) is 94.9 Å². The molecule has 0 unspecified atom stereocenters. The molecule has 0 aliphatic carbocycles. The number of benzene rings is 10. The fourth-order valence-corrected chi connectivity index (χ4v) is 11.0. The number of thiophene rings is 1. The first-order valence-electron chi connectivity index (χ1n) is 21.1. The third-order valence-electron chi connectivity index (χ3n) is 12.6. The van der Waals surface area contributed by atoms with Crippen LogP contribution >= 0.6 is 11.3 Å². The number of furan rings is 1. The summed E-state index contributed by atoms with van der Waals surface area (Å²) >= 11 is 1.86. The summed E-state index contributed by atoms with van der Waals surface area (Å²) < 4.78 is 11.8.